The topological polar surface area (TPSA) is 23.5 Å². The smallest absolute Gasteiger partial charge is 0.127 e. The molecule has 3 aromatic carbocycles. The Balaban J connectivity index is 1.52. The average Bonchev–Trinajstić information content (AvgIpc) is 2.76. The van der Waals surface area contributed by atoms with E-state index < -0.39 is 5.60 Å². The van der Waals surface area contributed by atoms with Crippen LogP contribution in [0.2, 0.25) is 0 Å². The predicted molar refractivity (Wildman–Crippen MR) is 111 cm³/mol. The Hall–Kier alpha value is -2.42. The van der Waals surface area contributed by atoms with Crippen molar-refractivity contribution >= 4 is 0 Å². The highest BCUT2D eigenvalue weighted by Crippen LogP contribution is 2.33. The first-order chi connectivity index (χ1) is 13.3. The van der Waals surface area contributed by atoms with Gasteiger partial charge in [-0.15, -0.1) is 0 Å². The van der Waals surface area contributed by atoms with Gasteiger partial charge in [0.25, 0.3) is 0 Å². The number of benzene rings is 3. The summed E-state index contributed by atoms with van der Waals surface area (Å²) in [5, 5.41) is 11.7. The maximum atomic E-state index is 11.7. The van der Waals surface area contributed by atoms with E-state index in [-0.39, 0.29) is 0 Å². The second-order valence-electron chi connectivity index (χ2n) is 7.55. The molecule has 0 saturated carbocycles. The molecule has 0 bridgehead atoms. The van der Waals surface area contributed by atoms with Gasteiger partial charge in [0.2, 0.25) is 0 Å². The Labute approximate surface area is 162 Å². The van der Waals surface area contributed by atoms with Crippen LogP contribution in [0.5, 0.6) is 0 Å². The van der Waals surface area contributed by atoms with Gasteiger partial charge in [0.05, 0.1) is 0 Å². The maximum Gasteiger partial charge on any atom is 0.127 e. The molecule has 2 nitrogen and oxygen atoms in total. The minimum absolute atomic E-state index is 0.628. The van der Waals surface area contributed by atoms with Gasteiger partial charge in [-0.2, -0.15) is 0 Å². The molecular formula is C25H27NO. The molecular weight excluding hydrogens is 330 g/mol. The number of piperidine rings is 1. The van der Waals surface area contributed by atoms with Crippen LogP contribution in [-0.2, 0) is 5.60 Å². The molecule has 0 aliphatic carbocycles. The minimum Gasteiger partial charge on any atom is -0.379 e. The summed E-state index contributed by atoms with van der Waals surface area (Å²) in [6.07, 6.45) is 2.29. The standard InChI is InChI=1S/C25H27NO/c27-25(23-12-6-2-7-13-23,24-14-8-3-9-15-24)20-26-18-16-22(17-19-26)21-10-4-1-5-11-21/h1-15,22,27H,16-20H2. The van der Waals surface area contributed by atoms with Crippen LogP contribution in [0, 0.1) is 0 Å². The third-order valence-electron chi connectivity index (χ3n) is 5.81. The van der Waals surface area contributed by atoms with Crippen LogP contribution in [0.1, 0.15) is 35.4 Å². The monoisotopic (exact) mass is 357 g/mol. The maximum absolute atomic E-state index is 11.7. The van der Waals surface area contributed by atoms with Crippen molar-refractivity contribution in [2.75, 3.05) is 19.6 Å². The second-order valence-corrected chi connectivity index (χ2v) is 7.55. The fourth-order valence-electron chi connectivity index (χ4n) is 4.25. The largest absolute Gasteiger partial charge is 0.379 e. The van der Waals surface area contributed by atoms with E-state index in [1.165, 1.54) is 5.56 Å². The summed E-state index contributed by atoms with van der Waals surface area (Å²) >= 11 is 0. The number of likely N-dealkylation sites (tertiary alicyclic amines) is 1. The molecule has 0 atom stereocenters. The van der Waals surface area contributed by atoms with E-state index in [1.54, 1.807) is 0 Å². The molecule has 0 amide bonds. The van der Waals surface area contributed by atoms with Gasteiger partial charge in [0.15, 0.2) is 0 Å². The number of aliphatic hydroxyl groups is 1. The van der Waals surface area contributed by atoms with Gasteiger partial charge < -0.3 is 5.11 Å². The van der Waals surface area contributed by atoms with E-state index in [0.717, 1.165) is 37.1 Å². The highest BCUT2D eigenvalue weighted by Gasteiger charge is 2.34. The lowest BCUT2D eigenvalue weighted by Gasteiger charge is -2.39. The number of rotatable bonds is 5. The van der Waals surface area contributed by atoms with E-state index >= 15 is 0 Å². The van der Waals surface area contributed by atoms with Gasteiger partial charge >= 0.3 is 0 Å². The van der Waals surface area contributed by atoms with E-state index in [4.69, 9.17) is 0 Å². The molecule has 138 valence electrons. The number of β-amino-alcohol motifs (C(OH)–C–C–N with tert-alkyl or cyclic N) is 1. The zero-order chi connectivity index (χ0) is 18.5. The molecule has 1 heterocycles. The Morgan fingerprint density at radius 3 is 1.63 bits per heavy atom. The van der Waals surface area contributed by atoms with E-state index in [2.05, 4.69) is 35.2 Å². The molecule has 2 heteroatoms. The fraction of sp³-hybridized carbons (Fsp3) is 0.280. The molecule has 0 aromatic heterocycles. The first kappa shape index (κ1) is 18.0. The highest BCUT2D eigenvalue weighted by atomic mass is 16.3. The third kappa shape index (κ3) is 3.97. The van der Waals surface area contributed by atoms with Crippen molar-refractivity contribution < 1.29 is 5.11 Å². The molecule has 1 fully saturated rings. The van der Waals surface area contributed by atoms with Crippen LogP contribution in [0.4, 0.5) is 0 Å². The van der Waals surface area contributed by atoms with E-state index in [1.807, 2.05) is 60.7 Å². The van der Waals surface area contributed by atoms with Crippen molar-refractivity contribution in [3.05, 3.63) is 108 Å². The Kier molecular flexibility index (Phi) is 5.38. The van der Waals surface area contributed by atoms with Gasteiger partial charge in [-0.1, -0.05) is 91.0 Å². The first-order valence-corrected chi connectivity index (χ1v) is 9.86. The molecule has 1 aliphatic heterocycles. The summed E-state index contributed by atoms with van der Waals surface area (Å²) in [6, 6.07) is 31.0. The van der Waals surface area contributed by atoms with Crippen LogP contribution < -0.4 is 0 Å². The van der Waals surface area contributed by atoms with Crippen molar-refractivity contribution in [2.45, 2.75) is 24.4 Å². The van der Waals surface area contributed by atoms with Gasteiger partial charge in [0, 0.05) is 6.54 Å². The minimum atomic E-state index is -0.984. The van der Waals surface area contributed by atoms with Crippen molar-refractivity contribution in [3.63, 3.8) is 0 Å². The van der Waals surface area contributed by atoms with Gasteiger partial charge in [-0.3, -0.25) is 4.90 Å². The van der Waals surface area contributed by atoms with Crippen molar-refractivity contribution in [2.24, 2.45) is 0 Å². The molecule has 1 saturated heterocycles. The molecule has 0 radical (unpaired) electrons. The van der Waals surface area contributed by atoms with Crippen LogP contribution in [-0.4, -0.2) is 29.6 Å². The SMILES string of the molecule is OC(CN1CCC(c2ccccc2)CC1)(c1ccccc1)c1ccccc1. The van der Waals surface area contributed by atoms with Crippen LogP contribution in [0.25, 0.3) is 0 Å². The Morgan fingerprint density at radius 1 is 0.704 bits per heavy atom. The summed E-state index contributed by atoms with van der Waals surface area (Å²) in [5.74, 6) is 0.629. The summed E-state index contributed by atoms with van der Waals surface area (Å²) in [4.78, 5) is 2.42. The van der Waals surface area contributed by atoms with Crippen LogP contribution in [0.3, 0.4) is 0 Å². The lowest BCUT2D eigenvalue weighted by atomic mass is 9.84. The lowest BCUT2D eigenvalue weighted by molar-refractivity contribution is 0.0273. The lowest BCUT2D eigenvalue weighted by Crippen LogP contribution is -2.44. The molecule has 0 spiro atoms. The summed E-state index contributed by atoms with van der Waals surface area (Å²) in [6.45, 7) is 2.66. The number of hydrogen-bond donors (Lipinski definition) is 1. The van der Waals surface area contributed by atoms with Crippen molar-refractivity contribution in [1.82, 2.24) is 4.90 Å². The molecule has 4 rings (SSSR count). The zero-order valence-corrected chi connectivity index (χ0v) is 15.7. The second kappa shape index (κ2) is 8.08. The van der Waals surface area contributed by atoms with Crippen molar-refractivity contribution in [3.8, 4) is 0 Å². The predicted octanol–water partition coefficient (Wildman–Crippen LogP) is 4.80. The first-order valence-electron chi connectivity index (χ1n) is 9.86. The van der Waals surface area contributed by atoms with Crippen LogP contribution >= 0.6 is 0 Å². The highest BCUT2D eigenvalue weighted by molar-refractivity contribution is 5.36. The third-order valence-corrected chi connectivity index (χ3v) is 5.81. The molecule has 27 heavy (non-hydrogen) atoms. The fourth-order valence-corrected chi connectivity index (χ4v) is 4.25. The zero-order valence-electron chi connectivity index (χ0n) is 15.7. The molecule has 3 aromatic rings. The summed E-state index contributed by atoms with van der Waals surface area (Å²) in [5.41, 5.74) is 2.38. The Bertz CT molecular complexity index is 784. The number of hydrogen-bond acceptors (Lipinski definition) is 2. The van der Waals surface area contributed by atoms with E-state index in [9.17, 15) is 5.11 Å². The van der Waals surface area contributed by atoms with Gasteiger partial charge in [0.1, 0.15) is 5.60 Å². The number of nitrogens with zero attached hydrogens (tertiary/aromatic N) is 1. The summed E-state index contributed by atoms with van der Waals surface area (Å²) in [7, 11) is 0. The normalized spacial score (nSPS) is 16.3. The van der Waals surface area contributed by atoms with Gasteiger partial charge in [-0.05, 0) is 48.5 Å². The Morgan fingerprint density at radius 2 is 1.15 bits per heavy atom. The average molecular weight is 357 g/mol. The molecule has 0 unspecified atom stereocenters. The van der Waals surface area contributed by atoms with Crippen LogP contribution in [0.15, 0.2) is 91.0 Å². The quantitative estimate of drug-likeness (QED) is 0.709. The van der Waals surface area contributed by atoms with E-state index in [0.29, 0.717) is 12.5 Å². The van der Waals surface area contributed by atoms with Crippen molar-refractivity contribution in [1.29, 1.82) is 0 Å². The molecule has 1 N–H and O–H groups in total. The van der Waals surface area contributed by atoms with Gasteiger partial charge in [-0.25, -0.2) is 0 Å². The summed E-state index contributed by atoms with van der Waals surface area (Å²) < 4.78 is 0. The molecule has 1 aliphatic rings.